The van der Waals surface area contributed by atoms with Gasteiger partial charge in [-0.3, -0.25) is 0 Å². The number of fused-ring (bicyclic) bond motifs is 18. The van der Waals surface area contributed by atoms with Crippen molar-refractivity contribution in [3.05, 3.63) is 447 Å². The van der Waals surface area contributed by atoms with Crippen molar-refractivity contribution in [3.8, 4) is 122 Å². The predicted molar refractivity (Wildman–Crippen MR) is 553 cm³/mol. The fourth-order valence-corrected chi connectivity index (χ4v) is 20.1. The fraction of sp³-hybridized carbons (Fsp3) is 0.0164. The molecule has 0 saturated carbocycles. The van der Waals surface area contributed by atoms with Crippen LogP contribution in [-0.2, 0) is 6.18 Å². The van der Waals surface area contributed by atoms with Crippen molar-refractivity contribution in [2.45, 2.75) is 13.1 Å². The summed E-state index contributed by atoms with van der Waals surface area (Å²) in [5.74, 6) is 0. The van der Waals surface area contributed by atoms with E-state index in [4.69, 9.17) is 19.7 Å². The number of rotatable bonds is 9. The molecule has 24 aromatic rings. The normalized spacial score (nSPS) is 11.1. The first-order chi connectivity index (χ1) is 69.9. The fourth-order valence-electron chi connectivity index (χ4n) is 20.1. The Hall–Kier alpha value is -21.6. The van der Waals surface area contributed by atoms with Crippen LogP contribution in [0, 0.1) is 129 Å². The Bertz CT molecular complexity index is 9790. The summed E-state index contributed by atoms with van der Waals surface area (Å²) >= 11 is 0. The molecule has 0 fully saturated rings. The third-order valence-electron chi connectivity index (χ3n) is 26.6. The van der Waals surface area contributed by atoms with Gasteiger partial charge in [-0.05, 0) is 268 Å². The molecular formula is C122H61F3N18. The molecule has 0 aliphatic rings. The van der Waals surface area contributed by atoms with E-state index in [1.165, 1.54) is 6.07 Å². The van der Waals surface area contributed by atoms with Crippen molar-refractivity contribution in [1.82, 2.24) is 27.4 Å². The van der Waals surface area contributed by atoms with Crippen LogP contribution in [0.15, 0.2) is 352 Å². The summed E-state index contributed by atoms with van der Waals surface area (Å²) in [5, 5.41) is 101. The molecule has 0 aliphatic heterocycles. The number of para-hydroxylation sites is 4. The highest BCUT2D eigenvalue weighted by molar-refractivity contribution is 6.16. The quantitative estimate of drug-likeness (QED) is 0.124. The molecule has 0 N–H and O–H groups in total. The van der Waals surface area contributed by atoms with E-state index < -0.39 is 11.7 Å². The van der Waals surface area contributed by atoms with Crippen LogP contribution < -0.4 is 0 Å². The molecular weight excluding hydrogens is 1770 g/mol. The average molecular weight is 1840 g/mol. The highest BCUT2D eigenvalue weighted by Crippen LogP contribution is 2.47. The molecule has 18 aromatic carbocycles. The Balaban J connectivity index is 0.000000123. The van der Waals surface area contributed by atoms with E-state index in [0.29, 0.717) is 106 Å². The number of nitrogens with zero attached hydrogens (tertiary/aromatic N) is 18. The third kappa shape index (κ3) is 14.4. The number of nitriles is 9. The van der Waals surface area contributed by atoms with Crippen LogP contribution in [0.3, 0.4) is 0 Å². The molecule has 6 aromatic heterocycles. The number of halogens is 3. The Morgan fingerprint density at radius 3 is 0.706 bits per heavy atom. The Morgan fingerprint density at radius 1 is 0.210 bits per heavy atom. The number of hydrogen-bond donors (Lipinski definition) is 0. The van der Waals surface area contributed by atoms with E-state index in [1.807, 2.05) is 253 Å². The molecule has 0 amide bonds. The minimum Gasteiger partial charge on any atom is -0.308 e. The molecule has 143 heavy (non-hydrogen) atoms. The van der Waals surface area contributed by atoms with Gasteiger partial charge in [0.15, 0.2) is 17.1 Å². The summed E-state index contributed by atoms with van der Waals surface area (Å²) in [6.45, 7) is 24.7. The highest BCUT2D eigenvalue weighted by Gasteiger charge is 2.33. The second kappa shape index (κ2) is 34.7. The van der Waals surface area contributed by atoms with Gasteiger partial charge in [0, 0.05) is 48.5 Å². The summed E-state index contributed by atoms with van der Waals surface area (Å²) in [4.78, 5) is 10.9. The molecule has 0 aliphatic carbocycles. The summed E-state index contributed by atoms with van der Waals surface area (Å²) in [6, 6.07) is 129. The lowest BCUT2D eigenvalue weighted by Gasteiger charge is -2.15. The smallest absolute Gasteiger partial charge is 0.308 e. The minimum atomic E-state index is -4.53. The number of aryl methyl sites for hydroxylation is 1. The van der Waals surface area contributed by atoms with Crippen LogP contribution in [0.25, 0.3) is 213 Å². The predicted octanol–water partition coefficient (Wildman–Crippen LogP) is 30.5. The lowest BCUT2D eigenvalue weighted by Crippen LogP contribution is -2.05. The van der Waals surface area contributed by atoms with Crippen molar-refractivity contribution in [2.24, 2.45) is 0 Å². The SMILES string of the molecule is Cc1ccc2c3ccccc3n(-c3cc(-c4ccc(C#N)c(-n5c6ccccc6c6ccc(C(F)(F)F)cc65)c4)ccc3C#N)c2c1.[C-]#[N+]c1ccc2c(c1)c1cc([N+]#[C-])ccc1n2-c1cc(-c2ccc(C#N)c(-n3c4ccc(C#N)cc4c4cc(C#N)ccc43)c2)ccc1C#N.[C-]#[N+]c1ccc2c(c1)c1ccccc1n2-c1cc(-c2ccc(C#N)c(-n3c4ccccc4c4cc(C#N)ccc43)c2)ccc1C#N. The summed E-state index contributed by atoms with van der Waals surface area (Å²) in [7, 11) is 0. The summed E-state index contributed by atoms with van der Waals surface area (Å²) in [5.41, 5.74) is 24.7. The number of aromatic nitrogens is 6. The molecule has 0 atom stereocenters. The average Bonchev–Trinajstić information content (AvgIpc) is 1.60. The number of hydrogen-bond acceptors (Lipinski definition) is 9. The zero-order valence-corrected chi connectivity index (χ0v) is 75.2. The van der Waals surface area contributed by atoms with Gasteiger partial charge in [-0.2, -0.15) is 60.5 Å². The number of alkyl halides is 3. The van der Waals surface area contributed by atoms with Gasteiger partial charge >= 0.3 is 6.18 Å². The van der Waals surface area contributed by atoms with Gasteiger partial charge in [-0.15, -0.1) is 0 Å². The van der Waals surface area contributed by atoms with E-state index in [0.717, 1.165) is 177 Å². The topological polar surface area (TPSA) is 257 Å². The van der Waals surface area contributed by atoms with Crippen molar-refractivity contribution in [3.63, 3.8) is 0 Å². The first-order valence-electron chi connectivity index (χ1n) is 44.8. The first-order valence-corrected chi connectivity index (χ1v) is 44.8. The van der Waals surface area contributed by atoms with Gasteiger partial charge in [0.2, 0.25) is 0 Å². The highest BCUT2D eigenvalue weighted by atomic mass is 19.4. The molecule has 0 bridgehead atoms. The van der Waals surface area contributed by atoms with E-state index >= 15 is 0 Å². The second-order valence-corrected chi connectivity index (χ2v) is 34.4. The van der Waals surface area contributed by atoms with Crippen LogP contribution >= 0.6 is 0 Å². The molecule has 18 nitrogen and oxygen atoms in total. The summed E-state index contributed by atoms with van der Waals surface area (Å²) in [6.07, 6.45) is -4.53. The zero-order chi connectivity index (χ0) is 98.3. The summed E-state index contributed by atoms with van der Waals surface area (Å²) < 4.78 is 53.6. The van der Waals surface area contributed by atoms with Crippen LogP contribution in [0.5, 0.6) is 0 Å². The molecule has 0 saturated heterocycles. The van der Waals surface area contributed by atoms with Gasteiger partial charge in [-0.1, -0.05) is 146 Å². The Morgan fingerprint density at radius 2 is 0.434 bits per heavy atom. The van der Waals surface area contributed by atoms with Crippen molar-refractivity contribution >= 4 is 148 Å². The molecule has 0 spiro atoms. The molecule has 0 radical (unpaired) electrons. The van der Waals surface area contributed by atoms with Crippen molar-refractivity contribution in [1.29, 1.82) is 47.4 Å². The van der Waals surface area contributed by atoms with E-state index in [1.54, 1.807) is 77.4 Å². The molecule has 0 unspecified atom stereocenters. The lowest BCUT2D eigenvalue weighted by atomic mass is 9.99. The van der Waals surface area contributed by atoms with E-state index in [9.17, 15) is 60.5 Å². The van der Waals surface area contributed by atoms with Gasteiger partial charge in [0.1, 0.15) is 36.4 Å². The van der Waals surface area contributed by atoms with Gasteiger partial charge in [0.25, 0.3) is 0 Å². The first kappa shape index (κ1) is 86.8. The molecule has 21 heteroatoms. The minimum absolute atomic E-state index is 0.320. The Labute approximate surface area is 813 Å². The van der Waals surface area contributed by atoms with E-state index in [2.05, 4.69) is 107 Å². The van der Waals surface area contributed by atoms with Gasteiger partial charge in [0.05, 0.1) is 194 Å². The molecule has 660 valence electrons. The molecule has 24 rings (SSSR count). The maximum Gasteiger partial charge on any atom is 0.416 e. The zero-order valence-electron chi connectivity index (χ0n) is 75.2. The lowest BCUT2D eigenvalue weighted by molar-refractivity contribution is -0.137. The van der Waals surface area contributed by atoms with Crippen molar-refractivity contribution < 1.29 is 13.2 Å². The van der Waals surface area contributed by atoms with Crippen LogP contribution in [0.1, 0.15) is 61.2 Å². The maximum atomic E-state index is 13.9. The van der Waals surface area contributed by atoms with Crippen molar-refractivity contribution in [2.75, 3.05) is 0 Å². The van der Waals surface area contributed by atoms with Crippen LogP contribution in [-0.4, -0.2) is 27.4 Å². The third-order valence-corrected chi connectivity index (χ3v) is 26.6. The van der Waals surface area contributed by atoms with Gasteiger partial charge < -0.3 is 27.4 Å². The maximum absolute atomic E-state index is 13.9. The molecule has 6 heterocycles. The second-order valence-electron chi connectivity index (χ2n) is 34.4. The monoisotopic (exact) mass is 1830 g/mol. The van der Waals surface area contributed by atoms with Crippen LogP contribution in [0.2, 0.25) is 0 Å². The Kier molecular flexibility index (Phi) is 21.1. The largest absolute Gasteiger partial charge is 0.416 e. The number of benzene rings is 18. The standard InChI is InChI=1S/C42H18N8.C40H23F3N4.C40H20N6/c1-47-31-9-13-39-35(19-31)36-20-32(48-2)10-14-40(36)50(39)42-18-28(6-8-30(42)24-46)27-5-7-29(23-45)41(17-27)49-37-11-3-25(21-43)15-33(37)34-16-26(22-44)4-12-38(34)49;1-24-10-16-32-30-6-2-4-8-34(30)46(38(32)18-24)36-19-25(11-13-27(36)22-44)26-12-14-28(23-45)37(20-26)47-35-9-5-3-7-31(35)33-17-15-29(21-39(33)47)40(41,42)43;1-44-30-15-17-38-34(21-30)32-7-3-5-9-36(32)46(38)40-20-27(12-14-29(40)24-43)26-11-13-28(23-42)39(19-26)45-35-8-4-2-6-31(35)33-18-25(22-41)10-16-37(33)45/h3-20H;2-21H,1H3;2-21H. The van der Waals surface area contributed by atoms with Crippen LogP contribution in [0.4, 0.5) is 30.2 Å². The van der Waals surface area contributed by atoms with E-state index in [-0.39, 0.29) is 0 Å². The van der Waals surface area contributed by atoms with Gasteiger partial charge in [-0.25, -0.2) is 14.5 Å².